The Bertz CT molecular complexity index is 1280. The maximum absolute atomic E-state index is 12.1. The average molecular weight is 371 g/mol. The van der Waals surface area contributed by atoms with Crippen LogP contribution >= 0.6 is 0 Å². The van der Waals surface area contributed by atoms with Gasteiger partial charge in [0, 0.05) is 29.6 Å². The Morgan fingerprint density at radius 3 is 3.00 bits per heavy atom. The average Bonchev–Trinajstić information content (AvgIpc) is 3.30. The first-order valence-electron chi connectivity index (χ1n) is 8.98. The summed E-state index contributed by atoms with van der Waals surface area (Å²) < 4.78 is 2.04. The fourth-order valence-corrected chi connectivity index (χ4v) is 3.66. The summed E-state index contributed by atoms with van der Waals surface area (Å²) in [6.45, 7) is 4.85. The van der Waals surface area contributed by atoms with Crippen molar-refractivity contribution >= 4 is 39.4 Å². The van der Waals surface area contributed by atoms with E-state index in [2.05, 4.69) is 22.2 Å². The Morgan fingerprint density at radius 2 is 2.14 bits per heavy atom. The topological polar surface area (TPSA) is 91.8 Å². The number of aromatic nitrogens is 3. The second kappa shape index (κ2) is 6.09. The molecule has 4 aromatic rings. The van der Waals surface area contributed by atoms with E-state index >= 15 is 0 Å². The molecule has 5 rings (SSSR count). The van der Waals surface area contributed by atoms with Crippen molar-refractivity contribution in [1.82, 2.24) is 19.9 Å². The van der Waals surface area contributed by atoms with Gasteiger partial charge in [-0.05, 0) is 30.3 Å². The first kappa shape index (κ1) is 16.3. The van der Waals surface area contributed by atoms with Crippen LogP contribution in [0.5, 0.6) is 0 Å². The van der Waals surface area contributed by atoms with Crippen LogP contribution in [-0.4, -0.2) is 32.9 Å². The molecule has 3 heterocycles. The minimum atomic E-state index is -0.281. The molecule has 1 aliphatic rings. The minimum Gasteiger partial charge on any atom is -0.349 e. The Balaban J connectivity index is 1.63. The van der Waals surface area contributed by atoms with Crippen molar-refractivity contribution in [3.63, 3.8) is 0 Å². The molecule has 2 aromatic carbocycles. The van der Waals surface area contributed by atoms with Gasteiger partial charge in [0.2, 0.25) is 5.91 Å². The first-order chi connectivity index (χ1) is 13.6. The zero-order valence-electron chi connectivity index (χ0n) is 15.0. The van der Waals surface area contributed by atoms with Crippen molar-refractivity contribution in [2.75, 3.05) is 11.9 Å². The highest BCUT2D eigenvalue weighted by Gasteiger charge is 2.20. The lowest BCUT2D eigenvalue weighted by atomic mass is 10.1. The summed E-state index contributed by atoms with van der Waals surface area (Å²) in [5.41, 5.74) is 4.73. The molecule has 138 valence electrons. The van der Waals surface area contributed by atoms with Gasteiger partial charge in [-0.25, -0.2) is 4.98 Å². The summed E-state index contributed by atoms with van der Waals surface area (Å²) in [7, 11) is 0. The van der Waals surface area contributed by atoms with Crippen LogP contribution < -0.4 is 10.6 Å². The smallest absolute Gasteiger partial charge is 0.268 e. The number of carbonyl (C=O) groups is 2. The van der Waals surface area contributed by atoms with E-state index in [-0.39, 0.29) is 11.8 Å². The number of nitrogens with zero attached hydrogens (tertiary/aromatic N) is 2. The number of para-hydroxylation sites is 1. The van der Waals surface area contributed by atoms with Crippen LogP contribution in [0.3, 0.4) is 0 Å². The zero-order valence-corrected chi connectivity index (χ0v) is 15.0. The minimum absolute atomic E-state index is 0.0460. The third kappa shape index (κ3) is 2.48. The van der Waals surface area contributed by atoms with E-state index in [9.17, 15) is 9.59 Å². The van der Waals surface area contributed by atoms with Gasteiger partial charge in [-0.1, -0.05) is 24.8 Å². The van der Waals surface area contributed by atoms with Crippen LogP contribution in [0.2, 0.25) is 0 Å². The predicted molar refractivity (Wildman–Crippen MR) is 108 cm³/mol. The van der Waals surface area contributed by atoms with Crippen molar-refractivity contribution in [3.8, 4) is 11.4 Å². The van der Waals surface area contributed by atoms with Gasteiger partial charge in [-0.3, -0.25) is 9.59 Å². The van der Waals surface area contributed by atoms with Gasteiger partial charge < -0.3 is 20.2 Å². The number of imidazole rings is 1. The van der Waals surface area contributed by atoms with Crippen molar-refractivity contribution in [3.05, 3.63) is 60.8 Å². The van der Waals surface area contributed by atoms with Gasteiger partial charge >= 0.3 is 0 Å². The molecule has 0 spiro atoms. The molecule has 7 nitrogen and oxygen atoms in total. The molecule has 0 saturated carbocycles. The number of hydrogen-bond acceptors (Lipinski definition) is 3. The third-order valence-electron chi connectivity index (χ3n) is 4.99. The lowest BCUT2D eigenvalue weighted by Crippen LogP contribution is -2.34. The Morgan fingerprint density at radius 1 is 1.25 bits per heavy atom. The van der Waals surface area contributed by atoms with Crippen LogP contribution in [-0.2, 0) is 11.3 Å². The van der Waals surface area contributed by atoms with E-state index in [1.54, 1.807) is 6.07 Å². The quantitative estimate of drug-likeness (QED) is 0.483. The van der Waals surface area contributed by atoms with Crippen molar-refractivity contribution in [2.45, 2.75) is 6.54 Å². The molecule has 0 atom stereocenters. The molecule has 2 amide bonds. The number of anilines is 1. The molecule has 1 aliphatic heterocycles. The highest BCUT2D eigenvalue weighted by atomic mass is 16.2. The Hall–Kier alpha value is -3.87. The van der Waals surface area contributed by atoms with Gasteiger partial charge in [0.15, 0.2) is 0 Å². The van der Waals surface area contributed by atoms with Gasteiger partial charge in [0.1, 0.15) is 17.0 Å². The number of rotatable bonds is 3. The Labute approximate surface area is 160 Å². The molecule has 7 heteroatoms. The normalized spacial score (nSPS) is 13.4. The number of benzene rings is 2. The molecule has 0 bridgehead atoms. The van der Waals surface area contributed by atoms with Crippen LogP contribution in [0.1, 0.15) is 10.5 Å². The molecule has 0 unspecified atom stereocenters. The second-order valence-electron chi connectivity index (χ2n) is 6.69. The van der Waals surface area contributed by atoms with Crippen LogP contribution in [0.4, 0.5) is 5.69 Å². The number of nitrogens with one attached hydrogen (secondary N) is 3. The lowest BCUT2D eigenvalue weighted by molar-refractivity contribution is -0.111. The second-order valence-corrected chi connectivity index (χ2v) is 6.69. The Kier molecular flexibility index (Phi) is 3.55. The number of fused-ring (bicyclic) bond motifs is 4. The summed E-state index contributed by atoms with van der Waals surface area (Å²) in [4.78, 5) is 31.8. The molecule has 2 aromatic heterocycles. The maximum Gasteiger partial charge on any atom is 0.268 e. The highest BCUT2D eigenvalue weighted by Crippen LogP contribution is 2.29. The molecule has 28 heavy (non-hydrogen) atoms. The van der Waals surface area contributed by atoms with Crippen LogP contribution in [0, 0.1) is 0 Å². The van der Waals surface area contributed by atoms with E-state index < -0.39 is 0 Å². The monoisotopic (exact) mass is 371 g/mol. The van der Waals surface area contributed by atoms with Crippen molar-refractivity contribution in [1.29, 1.82) is 0 Å². The molecular weight excluding hydrogens is 354 g/mol. The first-order valence-corrected chi connectivity index (χ1v) is 8.98. The molecule has 0 saturated heterocycles. The maximum atomic E-state index is 12.1. The zero-order chi connectivity index (χ0) is 19.3. The van der Waals surface area contributed by atoms with Crippen molar-refractivity contribution in [2.24, 2.45) is 0 Å². The number of aromatic amines is 1. The van der Waals surface area contributed by atoms with Crippen LogP contribution in [0.15, 0.2) is 55.1 Å². The summed E-state index contributed by atoms with van der Waals surface area (Å²) in [6, 6.07) is 13.5. The summed E-state index contributed by atoms with van der Waals surface area (Å²) >= 11 is 0. The fraction of sp³-hybridized carbons (Fsp3) is 0.0952. The number of hydrogen-bond donors (Lipinski definition) is 3. The predicted octanol–water partition coefficient (Wildman–Crippen LogP) is 3.05. The molecule has 0 aliphatic carbocycles. The molecule has 0 fully saturated rings. The van der Waals surface area contributed by atoms with E-state index in [4.69, 9.17) is 4.98 Å². The van der Waals surface area contributed by atoms with E-state index in [0.717, 1.165) is 28.5 Å². The number of amides is 2. The van der Waals surface area contributed by atoms with Crippen LogP contribution in [0.25, 0.3) is 33.3 Å². The SMILES string of the molecule is C=CC(=O)Nc1cccc2[nH]c(-c3ccc4cc5n(c4c3)CCNC5=O)nc12. The highest BCUT2D eigenvalue weighted by molar-refractivity contribution is 6.05. The van der Waals surface area contributed by atoms with Gasteiger partial charge in [0.05, 0.1) is 11.2 Å². The summed E-state index contributed by atoms with van der Waals surface area (Å²) in [6.07, 6.45) is 1.23. The summed E-state index contributed by atoms with van der Waals surface area (Å²) in [5, 5.41) is 6.67. The number of H-pyrrole nitrogens is 1. The van der Waals surface area contributed by atoms with E-state index in [1.807, 2.05) is 41.0 Å². The lowest BCUT2D eigenvalue weighted by Gasteiger charge is -2.16. The van der Waals surface area contributed by atoms with E-state index in [1.165, 1.54) is 6.08 Å². The van der Waals surface area contributed by atoms with Gasteiger partial charge in [-0.2, -0.15) is 0 Å². The van der Waals surface area contributed by atoms with Crippen molar-refractivity contribution < 1.29 is 9.59 Å². The largest absolute Gasteiger partial charge is 0.349 e. The standard InChI is InChI=1S/C21H17N5O2/c1-2-18(27)23-14-4-3-5-15-19(14)25-20(24-15)13-7-6-12-10-17-21(28)22-8-9-26(17)16(12)11-13/h2-7,10-11H,1,8-9H2,(H,22,28)(H,23,27)(H,24,25). The number of carbonyl (C=O) groups excluding carboxylic acids is 2. The molecule has 0 radical (unpaired) electrons. The fourth-order valence-electron chi connectivity index (χ4n) is 3.66. The molecular formula is C21H17N5O2. The molecule has 3 N–H and O–H groups in total. The van der Waals surface area contributed by atoms with Gasteiger partial charge in [-0.15, -0.1) is 0 Å². The van der Waals surface area contributed by atoms with Gasteiger partial charge in [0.25, 0.3) is 5.91 Å². The third-order valence-corrected chi connectivity index (χ3v) is 4.99. The summed E-state index contributed by atoms with van der Waals surface area (Å²) in [5.74, 6) is 0.375. The van der Waals surface area contributed by atoms with E-state index in [0.29, 0.717) is 29.3 Å².